The van der Waals surface area contributed by atoms with Gasteiger partial charge in [0.1, 0.15) is 5.82 Å². The highest BCUT2D eigenvalue weighted by molar-refractivity contribution is 7.89. The third kappa shape index (κ3) is 6.17. The maximum absolute atomic E-state index is 12.5. The maximum atomic E-state index is 12.5. The summed E-state index contributed by atoms with van der Waals surface area (Å²) in [6.45, 7) is 1.62. The third-order valence-electron chi connectivity index (χ3n) is 4.21. The monoisotopic (exact) mass is 490 g/mol. The Labute approximate surface area is 189 Å². The molecule has 1 heterocycles. The highest BCUT2D eigenvalue weighted by Crippen LogP contribution is 2.15. The van der Waals surface area contributed by atoms with Crippen molar-refractivity contribution in [2.45, 2.75) is 16.7 Å². The van der Waals surface area contributed by atoms with Gasteiger partial charge in [-0.05, 0) is 55.5 Å². The van der Waals surface area contributed by atoms with Crippen LogP contribution in [0, 0.1) is 6.92 Å². The number of benzene rings is 2. The lowest BCUT2D eigenvalue weighted by atomic mass is 10.2. The lowest BCUT2D eigenvalue weighted by Gasteiger charge is -2.09. The summed E-state index contributed by atoms with van der Waals surface area (Å²) >= 11 is 0. The van der Waals surface area contributed by atoms with Gasteiger partial charge >= 0.3 is 0 Å². The van der Waals surface area contributed by atoms with Gasteiger partial charge in [-0.25, -0.2) is 32.1 Å². The highest BCUT2D eigenvalue weighted by atomic mass is 32.2. The molecule has 0 atom stereocenters. The van der Waals surface area contributed by atoms with E-state index < -0.39 is 31.9 Å². The lowest BCUT2D eigenvalue weighted by molar-refractivity contribution is 0.101. The van der Waals surface area contributed by atoms with Gasteiger partial charge < -0.3 is 5.32 Å². The van der Waals surface area contributed by atoms with Gasteiger partial charge in [0.2, 0.25) is 26.0 Å². The van der Waals surface area contributed by atoms with Crippen LogP contribution in [0.3, 0.4) is 0 Å². The number of sulfonamides is 2. The Bertz CT molecular complexity index is 1330. The Kier molecular flexibility index (Phi) is 6.55. The molecular formula is C19H18N6O6S2. The van der Waals surface area contributed by atoms with Crippen molar-refractivity contribution in [3.63, 3.8) is 0 Å². The van der Waals surface area contributed by atoms with E-state index in [1.54, 1.807) is 6.92 Å². The smallest absolute Gasteiger partial charge is 0.258 e. The van der Waals surface area contributed by atoms with Gasteiger partial charge in [0, 0.05) is 22.9 Å². The van der Waals surface area contributed by atoms with Crippen LogP contribution in [-0.2, 0) is 20.0 Å². The molecule has 0 fully saturated rings. The molecule has 172 valence electrons. The molecule has 12 nitrogen and oxygen atoms in total. The molecule has 0 spiro atoms. The summed E-state index contributed by atoms with van der Waals surface area (Å²) < 4.78 is 45.3. The molecule has 0 saturated carbocycles. The minimum atomic E-state index is -3.89. The average molecular weight is 491 g/mol. The van der Waals surface area contributed by atoms with E-state index in [0.29, 0.717) is 5.69 Å². The van der Waals surface area contributed by atoms with Crippen LogP contribution >= 0.6 is 0 Å². The first-order valence-corrected chi connectivity index (χ1v) is 12.2. The van der Waals surface area contributed by atoms with Crippen molar-refractivity contribution in [3.8, 4) is 0 Å². The number of aryl methyl sites for hydroxylation is 1. The molecule has 33 heavy (non-hydrogen) atoms. The Morgan fingerprint density at radius 2 is 1.15 bits per heavy atom. The Balaban J connectivity index is 1.75. The molecule has 0 unspecified atom stereocenters. The number of hydrogen-bond acceptors (Lipinski definition) is 8. The Morgan fingerprint density at radius 3 is 1.58 bits per heavy atom. The molecule has 0 aliphatic rings. The van der Waals surface area contributed by atoms with E-state index in [2.05, 4.69) is 20.6 Å². The first-order chi connectivity index (χ1) is 15.3. The number of aromatic nitrogens is 2. The lowest BCUT2D eigenvalue weighted by Crippen LogP contribution is -2.18. The third-order valence-corrected chi connectivity index (χ3v) is 6.07. The largest absolute Gasteiger partial charge is 0.306 e. The fraction of sp³-hybridized carbons (Fsp3) is 0.0526. The molecule has 3 rings (SSSR count). The molecule has 0 saturated heterocycles. The predicted octanol–water partition coefficient (Wildman–Crippen LogP) is 0.584. The van der Waals surface area contributed by atoms with Crippen LogP contribution < -0.4 is 20.9 Å². The number of nitrogens with zero attached hydrogens (tertiary/aromatic N) is 2. The highest BCUT2D eigenvalue weighted by Gasteiger charge is 2.14. The van der Waals surface area contributed by atoms with Crippen LogP contribution in [0.5, 0.6) is 0 Å². The van der Waals surface area contributed by atoms with Gasteiger partial charge in [-0.3, -0.25) is 14.9 Å². The second-order valence-electron chi connectivity index (χ2n) is 6.77. The molecule has 1 aromatic heterocycles. The van der Waals surface area contributed by atoms with Crippen molar-refractivity contribution in [3.05, 3.63) is 71.4 Å². The van der Waals surface area contributed by atoms with Crippen molar-refractivity contribution in [2.75, 3.05) is 10.6 Å². The molecule has 2 aromatic carbocycles. The summed E-state index contributed by atoms with van der Waals surface area (Å²) in [6, 6.07) is 11.4. The van der Waals surface area contributed by atoms with E-state index in [1.807, 2.05) is 0 Å². The molecule has 3 aromatic rings. The zero-order chi connectivity index (χ0) is 24.4. The van der Waals surface area contributed by atoms with E-state index in [0.717, 1.165) is 0 Å². The Hall–Kier alpha value is -3.72. The van der Waals surface area contributed by atoms with E-state index in [1.165, 1.54) is 54.6 Å². The summed E-state index contributed by atoms with van der Waals surface area (Å²) in [5.41, 5.74) is 0.719. The van der Waals surface area contributed by atoms with E-state index >= 15 is 0 Å². The minimum absolute atomic E-state index is 0.0860. The van der Waals surface area contributed by atoms with Gasteiger partial charge in [0.25, 0.3) is 11.8 Å². The molecule has 2 amide bonds. The fourth-order valence-corrected chi connectivity index (χ4v) is 3.67. The molecule has 6 N–H and O–H groups in total. The molecule has 14 heteroatoms. The molecule has 0 aliphatic carbocycles. The number of nitrogens with one attached hydrogen (secondary N) is 2. The summed E-state index contributed by atoms with van der Waals surface area (Å²) in [4.78, 5) is 32.8. The van der Waals surface area contributed by atoms with Crippen molar-refractivity contribution in [1.82, 2.24) is 9.97 Å². The fourth-order valence-electron chi connectivity index (χ4n) is 2.64. The number of amides is 2. The van der Waals surface area contributed by atoms with E-state index in [9.17, 15) is 26.4 Å². The van der Waals surface area contributed by atoms with Gasteiger partial charge in [0.15, 0.2) is 0 Å². The number of anilines is 2. The average Bonchev–Trinajstić information content (AvgIpc) is 2.72. The van der Waals surface area contributed by atoms with Crippen molar-refractivity contribution in [1.29, 1.82) is 0 Å². The van der Waals surface area contributed by atoms with Gasteiger partial charge in [0.05, 0.1) is 9.79 Å². The number of carbonyl (C=O) groups excluding carboxylic acids is 2. The van der Waals surface area contributed by atoms with Crippen LogP contribution in [0.25, 0.3) is 0 Å². The van der Waals surface area contributed by atoms with E-state index in [4.69, 9.17) is 10.3 Å². The zero-order valence-corrected chi connectivity index (χ0v) is 18.6. The zero-order valence-electron chi connectivity index (χ0n) is 17.0. The Morgan fingerprint density at radius 1 is 0.727 bits per heavy atom. The second kappa shape index (κ2) is 9.03. The molecule has 0 aliphatic heterocycles. The molecular weight excluding hydrogens is 472 g/mol. The second-order valence-corrected chi connectivity index (χ2v) is 9.89. The maximum Gasteiger partial charge on any atom is 0.258 e. The number of rotatable bonds is 6. The van der Waals surface area contributed by atoms with Crippen LogP contribution in [0.1, 0.15) is 26.4 Å². The standard InChI is InChI=1S/C19H18N6O6S2/c1-11-10-16(23-17(26)12-2-6-14(7-3-12)32(20,28)29)24-19(22-11)25-18(27)13-4-8-15(9-5-13)33(21,30)31/h2-10H,1H3,(H2,20,28,29)(H2,21,30,31)(H2,22,23,24,25,26,27). The normalized spacial score (nSPS) is 11.6. The summed E-state index contributed by atoms with van der Waals surface area (Å²) in [5.74, 6) is -1.21. The summed E-state index contributed by atoms with van der Waals surface area (Å²) in [6.07, 6.45) is 0. The first-order valence-electron chi connectivity index (χ1n) is 9.07. The first kappa shape index (κ1) is 23.9. The van der Waals surface area contributed by atoms with Crippen LogP contribution in [0.2, 0.25) is 0 Å². The number of hydrogen-bond donors (Lipinski definition) is 4. The van der Waals surface area contributed by atoms with Gasteiger partial charge in [-0.2, -0.15) is 4.98 Å². The molecule has 0 bridgehead atoms. The van der Waals surface area contributed by atoms with Gasteiger partial charge in [-0.15, -0.1) is 0 Å². The summed E-state index contributed by atoms with van der Waals surface area (Å²) in [7, 11) is -7.78. The topological polar surface area (TPSA) is 204 Å². The van der Waals surface area contributed by atoms with Crippen molar-refractivity contribution < 1.29 is 26.4 Å². The molecule has 0 radical (unpaired) electrons. The van der Waals surface area contributed by atoms with Crippen LogP contribution in [0.4, 0.5) is 11.8 Å². The van der Waals surface area contributed by atoms with E-state index in [-0.39, 0.29) is 32.7 Å². The number of primary sulfonamides is 2. The van der Waals surface area contributed by atoms with Crippen LogP contribution in [0.15, 0.2) is 64.4 Å². The summed E-state index contributed by atoms with van der Waals surface area (Å²) in [5, 5.41) is 15.1. The van der Waals surface area contributed by atoms with Crippen molar-refractivity contribution in [2.24, 2.45) is 10.3 Å². The quantitative estimate of drug-likeness (QED) is 0.384. The van der Waals surface area contributed by atoms with Gasteiger partial charge in [-0.1, -0.05) is 0 Å². The van der Waals surface area contributed by atoms with Crippen LogP contribution in [-0.4, -0.2) is 38.6 Å². The predicted molar refractivity (Wildman–Crippen MR) is 118 cm³/mol. The SMILES string of the molecule is Cc1cc(NC(=O)c2ccc(S(N)(=O)=O)cc2)nc(NC(=O)c2ccc(S(N)(=O)=O)cc2)n1. The number of nitrogens with two attached hydrogens (primary N) is 2. The minimum Gasteiger partial charge on any atom is -0.306 e. The number of carbonyl (C=O) groups is 2. The van der Waals surface area contributed by atoms with Crippen molar-refractivity contribution >= 4 is 43.6 Å².